The van der Waals surface area contributed by atoms with Crippen molar-refractivity contribution < 1.29 is 13.5 Å². The van der Waals surface area contributed by atoms with Crippen LogP contribution in [0.15, 0.2) is 28.7 Å². The largest absolute Gasteiger partial charge is 0.366 e. The third-order valence-corrected chi connectivity index (χ3v) is 3.19. The molecule has 0 saturated carbocycles. The monoisotopic (exact) mass is 404 g/mol. The zero-order valence-electron chi connectivity index (χ0n) is 8.72. The Morgan fingerprint density at radius 3 is 2.69 bits per heavy atom. The first kappa shape index (κ1) is 14.3. The lowest BCUT2D eigenvalue weighted by molar-refractivity contribution is -0.0824. The number of hydrogen-bond acceptors (Lipinski definition) is 1. The molecule has 16 heavy (non-hydrogen) atoms. The predicted molar refractivity (Wildman–Crippen MR) is 72.3 cm³/mol. The Bertz CT molecular complexity index is 341. The predicted octanol–water partition coefficient (Wildman–Crippen LogP) is 4.60. The lowest BCUT2D eigenvalue weighted by atomic mass is 10.1. The van der Waals surface area contributed by atoms with Gasteiger partial charge in [0.2, 0.25) is 0 Å². The summed E-state index contributed by atoms with van der Waals surface area (Å²) >= 11 is 5.48. The van der Waals surface area contributed by atoms with Gasteiger partial charge in [-0.2, -0.15) is 0 Å². The van der Waals surface area contributed by atoms with Gasteiger partial charge in [0.1, 0.15) is 6.61 Å². The molecular formula is C11H12BrF2IO. The Hall–Kier alpha value is 0.250. The highest BCUT2D eigenvalue weighted by Gasteiger charge is 2.24. The molecule has 90 valence electrons. The molecule has 1 aromatic carbocycles. The van der Waals surface area contributed by atoms with Crippen LogP contribution in [-0.4, -0.2) is 17.0 Å². The van der Waals surface area contributed by atoms with Gasteiger partial charge in [-0.15, -0.1) is 0 Å². The second-order valence-electron chi connectivity index (χ2n) is 3.58. The topological polar surface area (TPSA) is 9.23 Å². The Morgan fingerprint density at radius 2 is 2.19 bits per heavy atom. The van der Waals surface area contributed by atoms with Crippen molar-refractivity contribution in [3.05, 3.63) is 34.3 Å². The zero-order valence-corrected chi connectivity index (χ0v) is 12.5. The van der Waals surface area contributed by atoms with E-state index in [2.05, 4.69) is 38.5 Å². The summed E-state index contributed by atoms with van der Waals surface area (Å²) in [7, 11) is 0. The minimum Gasteiger partial charge on any atom is -0.366 e. The number of rotatable bonds is 5. The van der Waals surface area contributed by atoms with Crippen molar-refractivity contribution in [1.29, 1.82) is 0 Å². The molecule has 0 fully saturated rings. The maximum atomic E-state index is 12.7. The number of alkyl halides is 3. The van der Waals surface area contributed by atoms with Gasteiger partial charge in [-0.1, -0.05) is 50.7 Å². The standard InChI is InChI=1S/C11H12BrF2IO/c1-11(13,14)7-16-10(6-15)8-3-2-4-9(12)5-8/h2-5,10H,6-7H2,1H3. The molecule has 5 heteroatoms. The fourth-order valence-electron chi connectivity index (χ4n) is 1.18. The second kappa shape index (κ2) is 6.26. The average molecular weight is 405 g/mol. The number of benzene rings is 1. The summed E-state index contributed by atoms with van der Waals surface area (Å²) in [5.41, 5.74) is 0.910. The third kappa shape index (κ3) is 5.05. The van der Waals surface area contributed by atoms with Gasteiger partial charge in [0.25, 0.3) is 5.92 Å². The normalized spacial score (nSPS) is 13.8. The maximum Gasteiger partial charge on any atom is 0.268 e. The summed E-state index contributed by atoms with van der Waals surface area (Å²) in [6.07, 6.45) is -0.288. The molecule has 0 aliphatic carbocycles. The van der Waals surface area contributed by atoms with Crippen LogP contribution in [0.4, 0.5) is 8.78 Å². The summed E-state index contributed by atoms with van der Waals surface area (Å²) in [5, 5.41) is 0. The van der Waals surface area contributed by atoms with Crippen LogP contribution in [0.1, 0.15) is 18.6 Å². The highest BCUT2D eigenvalue weighted by atomic mass is 127. The van der Waals surface area contributed by atoms with Crippen LogP contribution in [0.3, 0.4) is 0 Å². The van der Waals surface area contributed by atoms with E-state index in [1.807, 2.05) is 24.3 Å². The van der Waals surface area contributed by atoms with Crippen molar-refractivity contribution in [2.45, 2.75) is 19.0 Å². The fraction of sp³-hybridized carbons (Fsp3) is 0.455. The first-order valence-electron chi connectivity index (χ1n) is 4.73. The molecule has 0 aromatic heterocycles. The average Bonchev–Trinajstić information content (AvgIpc) is 2.17. The lowest BCUT2D eigenvalue weighted by Crippen LogP contribution is -2.21. The summed E-state index contributed by atoms with van der Waals surface area (Å²) in [4.78, 5) is 0. The summed E-state index contributed by atoms with van der Waals surface area (Å²) in [6.45, 7) is 0.311. The first-order valence-corrected chi connectivity index (χ1v) is 7.05. The van der Waals surface area contributed by atoms with Gasteiger partial charge < -0.3 is 4.74 Å². The van der Waals surface area contributed by atoms with Crippen molar-refractivity contribution >= 4 is 38.5 Å². The van der Waals surface area contributed by atoms with Crippen LogP contribution < -0.4 is 0 Å². The van der Waals surface area contributed by atoms with Crippen LogP contribution >= 0.6 is 38.5 Å². The van der Waals surface area contributed by atoms with Gasteiger partial charge >= 0.3 is 0 Å². The molecule has 0 aliphatic rings. The van der Waals surface area contributed by atoms with Crippen molar-refractivity contribution in [3.63, 3.8) is 0 Å². The van der Waals surface area contributed by atoms with E-state index in [-0.39, 0.29) is 6.10 Å². The van der Waals surface area contributed by atoms with Crippen molar-refractivity contribution in [2.24, 2.45) is 0 Å². The van der Waals surface area contributed by atoms with Crippen LogP contribution in [-0.2, 0) is 4.74 Å². The minimum absolute atomic E-state index is 0.288. The van der Waals surface area contributed by atoms with Crippen LogP contribution in [0.5, 0.6) is 0 Å². The molecule has 0 amide bonds. The highest BCUT2D eigenvalue weighted by Crippen LogP contribution is 2.25. The van der Waals surface area contributed by atoms with Crippen molar-refractivity contribution in [3.8, 4) is 0 Å². The molecule has 1 atom stereocenters. The molecule has 1 nitrogen and oxygen atoms in total. The van der Waals surface area contributed by atoms with E-state index in [0.717, 1.165) is 17.0 Å². The smallest absolute Gasteiger partial charge is 0.268 e. The van der Waals surface area contributed by atoms with Crippen LogP contribution in [0.25, 0.3) is 0 Å². The molecular weight excluding hydrogens is 393 g/mol. The second-order valence-corrected chi connectivity index (χ2v) is 5.38. The molecule has 1 aromatic rings. The molecule has 0 N–H and O–H groups in total. The van der Waals surface area contributed by atoms with E-state index in [0.29, 0.717) is 4.43 Å². The van der Waals surface area contributed by atoms with E-state index in [4.69, 9.17) is 4.74 Å². The third-order valence-electron chi connectivity index (χ3n) is 1.90. The molecule has 1 rings (SSSR count). The molecule has 0 aliphatic heterocycles. The summed E-state index contributed by atoms with van der Waals surface area (Å²) in [6, 6.07) is 7.52. The first-order chi connectivity index (χ1) is 7.42. The molecule has 0 heterocycles. The minimum atomic E-state index is -2.78. The highest BCUT2D eigenvalue weighted by molar-refractivity contribution is 14.1. The number of halogens is 4. The molecule has 1 unspecified atom stereocenters. The van der Waals surface area contributed by atoms with E-state index >= 15 is 0 Å². The summed E-state index contributed by atoms with van der Waals surface area (Å²) in [5.74, 6) is -2.78. The molecule has 0 radical (unpaired) electrons. The Labute approximate surface area is 116 Å². The van der Waals surface area contributed by atoms with Gasteiger partial charge in [-0.25, -0.2) is 8.78 Å². The van der Waals surface area contributed by atoms with Crippen molar-refractivity contribution in [2.75, 3.05) is 11.0 Å². The van der Waals surface area contributed by atoms with E-state index in [1.165, 1.54) is 0 Å². The van der Waals surface area contributed by atoms with E-state index in [9.17, 15) is 8.78 Å². The van der Waals surface area contributed by atoms with Gasteiger partial charge in [-0.3, -0.25) is 0 Å². The quantitative estimate of drug-likeness (QED) is 0.515. The lowest BCUT2D eigenvalue weighted by Gasteiger charge is -2.18. The molecule has 0 bridgehead atoms. The zero-order chi connectivity index (χ0) is 12.2. The Morgan fingerprint density at radius 1 is 1.50 bits per heavy atom. The SMILES string of the molecule is CC(F)(F)COC(CI)c1cccc(Br)c1. The van der Waals surface area contributed by atoms with Gasteiger partial charge in [0.05, 0.1) is 6.10 Å². The number of ether oxygens (including phenoxy) is 1. The number of hydrogen-bond donors (Lipinski definition) is 0. The van der Waals surface area contributed by atoms with Gasteiger partial charge in [0, 0.05) is 15.8 Å². The molecule has 0 saturated heterocycles. The van der Waals surface area contributed by atoms with E-state index in [1.54, 1.807) is 0 Å². The molecule has 0 spiro atoms. The fourth-order valence-corrected chi connectivity index (χ4v) is 2.36. The van der Waals surface area contributed by atoms with Gasteiger partial charge in [-0.05, 0) is 17.7 Å². The van der Waals surface area contributed by atoms with Crippen molar-refractivity contribution in [1.82, 2.24) is 0 Å². The maximum absolute atomic E-state index is 12.7. The summed E-state index contributed by atoms with van der Waals surface area (Å²) < 4.78 is 32.1. The Kier molecular flexibility index (Phi) is 5.60. The van der Waals surface area contributed by atoms with Crippen LogP contribution in [0.2, 0.25) is 0 Å². The van der Waals surface area contributed by atoms with E-state index < -0.39 is 12.5 Å². The van der Waals surface area contributed by atoms with Gasteiger partial charge in [0.15, 0.2) is 0 Å². The Balaban J connectivity index is 2.68. The van der Waals surface area contributed by atoms with Crippen LogP contribution in [0, 0.1) is 0 Å².